The first-order valence-corrected chi connectivity index (χ1v) is 12.2. The van der Waals surface area contributed by atoms with Crippen LogP contribution in [0.25, 0.3) is 28.0 Å². The van der Waals surface area contributed by atoms with Gasteiger partial charge in [0.2, 0.25) is 0 Å². The van der Waals surface area contributed by atoms with Gasteiger partial charge in [-0.2, -0.15) is 0 Å². The van der Waals surface area contributed by atoms with Crippen LogP contribution in [-0.2, 0) is 0 Å². The van der Waals surface area contributed by atoms with E-state index < -0.39 is 0 Å². The van der Waals surface area contributed by atoms with E-state index >= 15 is 0 Å². The lowest BCUT2D eigenvalue weighted by Crippen LogP contribution is -2.10. The van der Waals surface area contributed by atoms with Crippen LogP contribution in [0.5, 0.6) is 0 Å². The molecule has 0 bridgehead atoms. The molecule has 0 spiro atoms. The van der Waals surface area contributed by atoms with Gasteiger partial charge in [-0.25, -0.2) is 0 Å². The van der Waals surface area contributed by atoms with Crippen LogP contribution in [0, 0.1) is 0 Å². The van der Waals surface area contributed by atoms with E-state index in [0.717, 1.165) is 24.8 Å². The second-order valence-electron chi connectivity index (χ2n) is 8.61. The molecular formula is C32H33N3. The number of allylic oxidation sites excluding steroid dienone is 6. The fourth-order valence-corrected chi connectivity index (χ4v) is 4.59. The summed E-state index contributed by atoms with van der Waals surface area (Å²) in [6.45, 7) is 2.15. The smallest absolute Gasteiger partial charge is 0.0913 e. The van der Waals surface area contributed by atoms with Gasteiger partial charge in [0, 0.05) is 0 Å². The van der Waals surface area contributed by atoms with Gasteiger partial charge in [0.25, 0.3) is 0 Å². The Morgan fingerprint density at radius 3 is 2.46 bits per heavy atom. The monoisotopic (exact) mass is 459 g/mol. The second-order valence-corrected chi connectivity index (χ2v) is 8.61. The zero-order chi connectivity index (χ0) is 24.5. The van der Waals surface area contributed by atoms with Crippen LogP contribution < -0.4 is 11.5 Å². The summed E-state index contributed by atoms with van der Waals surface area (Å²) in [6.07, 6.45) is 18.5. The highest BCUT2D eigenvalue weighted by Gasteiger charge is 2.15. The van der Waals surface area contributed by atoms with Crippen molar-refractivity contribution in [2.45, 2.75) is 32.2 Å². The van der Waals surface area contributed by atoms with E-state index in [0.29, 0.717) is 0 Å². The highest BCUT2D eigenvalue weighted by Crippen LogP contribution is 2.33. The Balaban J connectivity index is 1.53. The lowest BCUT2D eigenvalue weighted by Gasteiger charge is -2.19. The molecule has 1 atom stereocenters. The molecule has 3 nitrogen and oxygen atoms in total. The maximum Gasteiger partial charge on any atom is 0.0913 e. The molecule has 4 N–H and O–H groups in total. The van der Waals surface area contributed by atoms with E-state index in [-0.39, 0.29) is 6.04 Å². The molecular weight excluding hydrogens is 426 g/mol. The third-order valence-corrected chi connectivity index (χ3v) is 6.49. The first-order valence-electron chi connectivity index (χ1n) is 12.2. The highest BCUT2D eigenvalue weighted by atomic mass is 14.8. The highest BCUT2D eigenvalue weighted by molar-refractivity contribution is 5.94. The molecule has 3 aromatic rings. The molecule has 176 valence electrons. The van der Waals surface area contributed by atoms with E-state index in [1.165, 1.54) is 45.0 Å². The fourth-order valence-electron chi connectivity index (χ4n) is 4.59. The third kappa shape index (κ3) is 5.88. The molecule has 0 heterocycles. The summed E-state index contributed by atoms with van der Waals surface area (Å²) in [5.74, 6) is 0. The zero-order valence-electron chi connectivity index (χ0n) is 20.3. The molecule has 0 fully saturated rings. The molecule has 0 saturated heterocycles. The maximum absolute atomic E-state index is 5.71. The summed E-state index contributed by atoms with van der Waals surface area (Å²) in [5, 5.41) is 2.58. The van der Waals surface area contributed by atoms with Crippen molar-refractivity contribution < 1.29 is 0 Å². The summed E-state index contributed by atoms with van der Waals surface area (Å²) in [5.41, 5.74) is 18.7. The molecule has 0 aromatic heterocycles. The minimum Gasteiger partial charge on any atom is -0.405 e. The molecule has 1 unspecified atom stereocenters. The molecule has 1 aliphatic carbocycles. The number of rotatable bonds is 8. The Morgan fingerprint density at radius 1 is 0.943 bits per heavy atom. The van der Waals surface area contributed by atoms with Gasteiger partial charge < -0.3 is 11.5 Å². The molecule has 3 heteroatoms. The topological polar surface area (TPSA) is 64.4 Å². The van der Waals surface area contributed by atoms with Gasteiger partial charge in [0.15, 0.2) is 0 Å². The summed E-state index contributed by atoms with van der Waals surface area (Å²) in [7, 11) is 0. The van der Waals surface area contributed by atoms with Gasteiger partial charge >= 0.3 is 0 Å². The number of nitrogens with two attached hydrogens (primary N) is 2. The first-order chi connectivity index (χ1) is 17.2. The summed E-state index contributed by atoms with van der Waals surface area (Å²) in [4.78, 5) is 4.54. The van der Waals surface area contributed by atoms with Crippen molar-refractivity contribution >= 4 is 34.3 Å². The van der Waals surface area contributed by atoms with E-state index in [1.807, 2.05) is 6.08 Å². The van der Waals surface area contributed by atoms with Gasteiger partial charge in [-0.1, -0.05) is 104 Å². The van der Waals surface area contributed by atoms with Crippen molar-refractivity contribution in [3.63, 3.8) is 0 Å². The van der Waals surface area contributed by atoms with Gasteiger partial charge in [0.05, 0.1) is 12.4 Å². The Morgan fingerprint density at radius 2 is 1.74 bits per heavy atom. The Bertz CT molecular complexity index is 1330. The lowest BCUT2D eigenvalue weighted by molar-refractivity contribution is 0.847. The first kappa shape index (κ1) is 24.0. The summed E-state index contributed by atoms with van der Waals surface area (Å²) >= 11 is 0. The number of hydrogen-bond donors (Lipinski definition) is 2. The van der Waals surface area contributed by atoms with Crippen molar-refractivity contribution in [1.29, 1.82) is 0 Å². The Labute approximate surface area is 208 Å². The number of benzene rings is 3. The van der Waals surface area contributed by atoms with Gasteiger partial charge in [-0.15, -0.1) is 0 Å². The van der Waals surface area contributed by atoms with E-state index in [2.05, 4.69) is 109 Å². The molecule has 35 heavy (non-hydrogen) atoms. The van der Waals surface area contributed by atoms with Crippen LogP contribution in [-0.4, -0.2) is 12.4 Å². The molecule has 1 aliphatic rings. The van der Waals surface area contributed by atoms with Crippen LogP contribution in [0.15, 0.2) is 114 Å². The number of nitrogens with zero attached hydrogens (tertiary/aromatic N) is 1. The molecule has 4 rings (SSSR count). The van der Waals surface area contributed by atoms with Crippen LogP contribution in [0.1, 0.15) is 42.9 Å². The van der Waals surface area contributed by atoms with Gasteiger partial charge in [0.1, 0.15) is 0 Å². The molecule has 3 aromatic carbocycles. The largest absolute Gasteiger partial charge is 0.405 e. The number of hydrogen-bond acceptors (Lipinski definition) is 2. The molecule has 0 aliphatic heterocycles. The quantitative estimate of drug-likeness (QED) is 0.211. The number of fused-ring (bicyclic) bond motifs is 1. The Hall–Kier alpha value is -4.11. The maximum atomic E-state index is 5.71. The average Bonchev–Trinajstić information content (AvgIpc) is 2.92. The minimum absolute atomic E-state index is 0.0641. The van der Waals surface area contributed by atoms with Crippen molar-refractivity contribution in [1.82, 2.24) is 0 Å². The second kappa shape index (κ2) is 11.8. The predicted molar refractivity (Wildman–Crippen MR) is 153 cm³/mol. The van der Waals surface area contributed by atoms with E-state index in [1.54, 1.807) is 6.20 Å². The van der Waals surface area contributed by atoms with E-state index in [4.69, 9.17) is 11.5 Å². The molecule has 0 amide bonds. The molecule has 0 radical (unpaired) electrons. The van der Waals surface area contributed by atoms with Crippen LogP contribution >= 0.6 is 0 Å². The van der Waals surface area contributed by atoms with Crippen molar-refractivity contribution in [3.8, 4) is 0 Å². The third-order valence-electron chi connectivity index (χ3n) is 6.49. The standard InChI is InChI=1S/C32H33N3/c1-2-25(9-6-22-33)26-15-12-24(13-16-26)14-21-32(35-23-34)29-19-17-28(18-20-29)31-11-5-8-27-7-3-4-10-30(27)31/h3-17,19,21-23,32H,2,18,20,33H2,1H3,(H2,34,35)/b21-14+,22-6-,25-9+. The van der Waals surface area contributed by atoms with Crippen LogP contribution in [0.2, 0.25) is 0 Å². The summed E-state index contributed by atoms with van der Waals surface area (Å²) in [6, 6.07) is 23.6. The fraction of sp³-hybridized carbons (Fsp3) is 0.156. The van der Waals surface area contributed by atoms with Crippen molar-refractivity contribution in [2.75, 3.05) is 0 Å². The van der Waals surface area contributed by atoms with Gasteiger partial charge in [-0.3, -0.25) is 4.99 Å². The predicted octanol–water partition coefficient (Wildman–Crippen LogP) is 7.28. The normalized spacial score (nSPS) is 15.7. The van der Waals surface area contributed by atoms with Crippen molar-refractivity contribution in [2.24, 2.45) is 16.5 Å². The Kier molecular flexibility index (Phi) is 8.13. The number of aliphatic imine (C=N–C) groups is 1. The van der Waals surface area contributed by atoms with Gasteiger partial charge in [-0.05, 0) is 75.7 Å². The van der Waals surface area contributed by atoms with Crippen LogP contribution in [0.3, 0.4) is 0 Å². The van der Waals surface area contributed by atoms with Crippen molar-refractivity contribution in [3.05, 3.63) is 126 Å². The molecule has 0 saturated carbocycles. The SMILES string of the molecule is CC/C(=C\C=C/N)c1ccc(/C=C/C(N=CN)C2=CC=C(c3cccc4ccccc34)CC2)cc1. The minimum atomic E-state index is -0.0641. The lowest BCUT2D eigenvalue weighted by atomic mass is 9.88. The average molecular weight is 460 g/mol. The van der Waals surface area contributed by atoms with E-state index in [9.17, 15) is 0 Å². The van der Waals surface area contributed by atoms with Crippen LogP contribution in [0.4, 0.5) is 0 Å². The summed E-state index contributed by atoms with van der Waals surface area (Å²) < 4.78 is 0. The zero-order valence-corrected chi connectivity index (χ0v) is 20.3.